The molecule has 10 nitrogen and oxygen atoms in total. The van der Waals surface area contributed by atoms with E-state index < -0.39 is 6.04 Å². The van der Waals surface area contributed by atoms with Gasteiger partial charge in [0.15, 0.2) is 0 Å². The van der Waals surface area contributed by atoms with Crippen molar-refractivity contribution < 1.29 is 19.1 Å². The van der Waals surface area contributed by atoms with Crippen LogP contribution in [0.25, 0.3) is 0 Å². The predicted molar refractivity (Wildman–Crippen MR) is 118 cm³/mol. The molecule has 1 aromatic carbocycles. The molecule has 0 radical (unpaired) electrons. The van der Waals surface area contributed by atoms with Crippen LogP contribution < -0.4 is 10.6 Å². The van der Waals surface area contributed by atoms with Crippen LogP contribution in [0, 0.1) is 0 Å². The lowest BCUT2D eigenvalue weighted by atomic mass is 10.2. The summed E-state index contributed by atoms with van der Waals surface area (Å²) < 4.78 is 13.0. The standard InChI is InChI=1S/C22H30N6O4/c1-16(28-15-23-14-24-28)21(29)25-17-6-8-18(9-7-17)26-22(30)27(12-19-4-2-10-31-19)13-20-5-3-11-32-20/h6-9,14-16,19-20H,2-5,10-13H2,1H3,(H,25,29)(H,26,30). The number of hydrogen-bond donors (Lipinski definition) is 2. The number of aromatic nitrogens is 3. The van der Waals surface area contributed by atoms with Gasteiger partial charge >= 0.3 is 6.03 Å². The normalized spacial score (nSPS) is 21.3. The van der Waals surface area contributed by atoms with E-state index in [0.29, 0.717) is 24.5 Å². The summed E-state index contributed by atoms with van der Waals surface area (Å²) in [5.74, 6) is -0.202. The largest absolute Gasteiger partial charge is 0.376 e. The van der Waals surface area contributed by atoms with Crippen LogP contribution in [0.1, 0.15) is 38.6 Å². The Balaban J connectivity index is 1.33. The molecule has 0 aliphatic carbocycles. The molecule has 0 bridgehead atoms. The Hall–Kier alpha value is -2.98. The van der Waals surface area contributed by atoms with Gasteiger partial charge in [-0.2, -0.15) is 5.10 Å². The Labute approximate surface area is 187 Å². The van der Waals surface area contributed by atoms with Gasteiger partial charge in [-0.3, -0.25) is 4.79 Å². The summed E-state index contributed by atoms with van der Waals surface area (Å²) in [6, 6.07) is 6.39. The van der Waals surface area contributed by atoms with Gasteiger partial charge in [0.2, 0.25) is 5.91 Å². The SMILES string of the molecule is CC(C(=O)Nc1ccc(NC(=O)N(CC2CCCO2)CC2CCCO2)cc1)n1cncn1. The molecule has 3 amide bonds. The number of anilines is 2. The van der Waals surface area contributed by atoms with Crippen LogP contribution in [0.5, 0.6) is 0 Å². The Morgan fingerprint density at radius 3 is 2.16 bits per heavy atom. The second kappa shape index (κ2) is 10.6. The van der Waals surface area contributed by atoms with Gasteiger partial charge in [-0.05, 0) is 56.9 Å². The molecule has 3 heterocycles. The molecule has 0 saturated carbocycles. The first kappa shape index (κ1) is 22.2. The van der Waals surface area contributed by atoms with E-state index in [1.807, 2.05) is 0 Å². The zero-order chi connectivity index (χ0) is 22.3. The van der Waals surface area contributed by atoms with Gasteiger partial charge in [0.25, 0.3) is 0 Å². The second-order valence-corrected chi connectivity index (χ2v) is 8.22. The minimum absolute atomic E-state index is 0.0757. The summed E-state index contributed by atoms with van der Waals surface area (Å²) in [4.78, 5) is 31.0. The van der Waals surface area contributed by atoms with Crippen molar-refractivity contribution >= 4 is 23.3 Å². The maximum Gasteiger partial charge on any atom is 0.322 e. The minimum atomic E-state index is -0.485. The maximum atomic E-state index is 13.0. The number of hydrogen-bond acceptors (Lipinski definition) is 6. The molecule has 0 spiro atoms. The van der Waals surface area contributed by atoms with Crippen LogP contribution >= 0.6 is 0 Å². The predicted octanol–water partition coefficient (Wildman–Crippen LogP) is 2.67. The fraction of sp³-hybridized carbons (Fsp3) is 0.545. The van der Waals surface area contributed by atoms with E-state index in [2.05, 4.69) is 20.7 Å². The third kappa shape index (κ3) is 5.83. The molecular formula is C22H30N6O4. The highest BCUT2D eigenvalue weighted by Crippen LogP contribution is 2.20. The molecule has 3 unspecified atom stereocenters. The highest BCUT2D eigenvalue weighted by Gasteiger charge is 2.27. The van der Waals surface area contributed by atoms with Gasteiger partial charge < -0.3 is 25.0 Å². The van der Waals surface area contributed by atoms with Crippen LogP contribution in [0.4, 0.5) is 16.2 Å². The third-order valence-corrected chi connectivity index (χ3v) is 5.80. The van der Waals surface area contributed by atoms with Crippen LogP contribution in [0.15, 0.2) is 36.9 Å². The average molecular weight is 443 g/mol. The Bertz CT molecular complexity index is 858. The number of urea groups is 1. The van der Waals surface area contributed by atoms with Crippen molar-refractivity contribution in [2.45, 2.75) is 50.9 Å². The smallest absolute Gasteiger partial charge is 0.322 e. The Kier molecular flexibility index (Phi) is 7.33. The quantitative estimate of drug-likeness (QED) is 0.650. The molecule has 2 N–H and O–H groups in total. The second-order valence-electron chi connectivity index (χ2n) is 8.22. The summed E-state index contributed by atoms with van der Waals surface area (Å²) in [7, 11) is 0. The number of amides is 3. The highest BCUT2D eigenvalue weighted by atomic mass is 16.5. The number of rotatable bonds is 8. The first-order valence-electron chi connectivity index (χ1n) is 11.1. The molecule has 2 aromatic rings. The number of ether oxygens (including phenoxy) is 2. The summed E-state index contributed by atoms with van der Waals surface area (Å²) in [5, 5.41) is 9.79. The van der Waals surface area contributed by atoms with Gasteiger partial charge in [0.05, 0.1) is 12.2 Å². The lowest BCUT2D eigenvalue weighted by Gasteiger charge is -2.28. The van der Waals surface area contributed by atoms with Crippen molar-refractivity contribution in [1.82, 2.24) is 19.7 Å². The van der Waals surface area contributed by atoms with Crippen molar-refractivity contribution in [3.63, 3.8) is 0 Å². The molecule has 2 aliphatic heterocycles. The van der Waals surface area contributed by atoms with Crippen LogP contribution in [0.3, 0.4) is 0 Å². The average Bonchev–Trinajstić information content (AvgIpc) is 3.57. The zero-order valence-electron chi connectivity index (χ0n) is 18.3. The zero-order valence-corrected chi connectivity index (χ0v) is 18.3. The molecule has 2 aliphatic rings. The Morgan fingerprint density at radius 1 is 1.06 bits per heavy atom. The van der Waals surface area contributed by atoms with Crippen molar-refractivity contribution in [3.8, 4) is 0 Å². The van der Waals surface area contributed by atoms with Crippen molar-refractivity contribution in [3.05, 3.63) is 36.9 Å². The minimum Gasteiger partial charge on any atom is -0.376 e. The lowest BCUT2D eigenvalue weighted by molar-refractivity contribution is -0.119. The summed E-state index contributed by atoms with van der Waals surface area (Å²) >= 11 is 0. The fourth-order valence-electron chi connectivity index (χ4n) is 3.93. The lowest BCUT2D eigenvalue weighted by Crippen LogP contribution is -2.44. The fourth-order valence-corrected chi connectivity index (χ4v) is 3.93. The third-order valence-electron chi connectivity index (χ3n) is 5.80. The molecule has 4 rings (SSSR count). The van der Waals surface area contributed by atoms with E-state index in [-0.39, 0.29) is 24.1 Å². The van der Waals surface area contributed by atoms with Gasteiger partial charge in [-0.15, -0.1) is 0 Å². The number of nitrogens with one attached hydrogen (secondary N) is 2. The molecule has 32 heavy (non-hydrogen) atoms. The summed E-state index contributed by atoms with van der Waals surface area (Å²) in [5.41, 5.74) is 1.29. The van der Waals surface area contributed by atoms with E-state index in [4.69, 9.17) is 9.47 Å². The van der Waals surface area contributed by atoms with E-state index in [9.17, 15) is 9.59 Å². The molecule has 1 aromatic heterocycles. The monoisotopic (exact) mass is 442 g/mol. The highest BCUT2D eigenvalue weighted by molar-refractivity contribution is 5.94. The van der Waals surface area contributed by atoms with Gasteiger partial charge in [-0.25, -0.2) is 14.5 Å². The Morgan fingerprint density at radius 2 is 1.66 bits per heavy atom. The van der Waals surface area contributed by atoms with Crippen LogP contribution in [0.2, 0.25) is 0 Å². The molecule has 2 saturated heterocycles. The molecule has 172 valence electrons. The van der Waals surface area contributed by atoms with Crippen molar-refractivity contribution in [2.24, 2.45) is 0 Å². The van der Waals surface area contributed by atoms with Crippen LogP contribution in [-0.4, -0.2) is 70.1 Å². The van der Waals surface area contributed by atoms with E-state index in [1.165, 1.54) is 17.3 Å². The van der Waals surface area contributed by atoms with Gasteiger partial charge in [-0.1, -0.05) is 0 Å². The van der Waals surface area contributed by atoms with Crippen molar-refractivity contribution in [2.75, 3.05) is 36.9 Å². The number of benzene rings is 1. The van der Waals surface area contributed by atoms with E-state index in [1.54, 1.807) is 36.1 Å². The number of nitrogens with zero attached hydrogens (tertiary/aromatic N) is 4. The van der Waals surface area contributed by atoms with Gasteiger partial charge in [0, 0.05) is 37.7 Å². The summed E-state index contributed by atoms with van der Waals surface area (Å²) in [6.45, 7) is 4.36. The van der Waals surface area contributed by atoms with Crippen molar-refractivity contribution in [1.29, 1.82) is 0 Å². The molecule has 3 atom stereocenters. The summed E-state index contributed by atoms with van der Waals surface area (Å²) in [6.07, 6.45) is 7.04. The molecule has 2 fully saturated rings. The topological polar surface area (TPSA) is 111 Å². The van der Waals surface area contributed by atoms with Gasteiger partial charge in [0.1, 0.15) is 18.7 Å². The first-order chi connectivity index (χ1) is 15.6. The first-order valence-corrected chi connectivity index (χ1v) is 11.1. The van der Waals surface area contributed by atoms with E-state index in [0.717, 1.165) is 38.9 Å². The van der Waals surface area contributed by atoms with E-state index >= 15 is 0 Å². The molecule has 10 heteroatoms. The number of carbonyl (C=O) groups excluding carboxylic acids is 2. The van der Waals surface area contributed by atoms with Crippen LogP contribution in [-0.2, 0) is 14.3 Å². The maximum absolute atomic E-state index is 13.0. The molecular weight excluding hydrogens is 412 g/mol. The number of carbonyl (C=O) groups is 2.